The molecule has 0 bridgehead atoms. The lowest BCUT2D eigenvalue weighted by atomic mass is 9.82. The van der Waals surface area contributed by atoms with Gasteiger partial charge in [0.2, 0.25) is 0 Å². The van der Waals surface area contributed by atoms with Gasteiger partial charge in [-0.25, -0.2) is 0 Å². The fourth-order valence-electron chi connectivity index (χ4n) is 1.39. The van der Waals surface area contributed by atoms with Crippen LogP contribution in [0.2, 0.25) is 0 Å². The molecule has 3 heteroatoms. The third-order valence-corrected chi connectivity index (χ3v) is 1.83. The van der Waals surface area contributed by atoms with Gasteiger partial charge in [-0.05, 0) is 34.7 Å². The summed E-state index contributed by atoms with van der Waals surface area (Å²) in [6.07, 6.45) is 0. The van der Waals surface area contributed by atoms with Gasteiger partial charge in [0.25, 0.3) is 0 Å². The molecule has 0 N–H and O–H groups in total. The van der Waals surface area contributed by atoms with E-state index >= 15 is 0 Å². The number of likely N-dealkylation sites (N-methyl/N-ethyl adjacent to an activating group) is 1. The molecule has 0 aromatic carbocycles. The maximum atomic E-state index is 5.83. The van der Waals surface area contributed by atoms with E-state index in [1.54, 1.807) is 0 Å². The minimum atomic E-state index is -0.0555. The van der Waals surface area contributed by atoms with Crippen molar-refractivity contribution in [3.63, 3.8) is 0 Å². The van der Waals surface area contributed by atoms with Crippen LogP contribution in [0.3, 0.4) is 0 Å². The van der Waals surface area contributed by atoms with Crippen molar-refractivity contribution >= 4 is 7.05 Å². The molecule has 2 nitrogen and oxygen atoms in total. The molecule has 1 aliphatic heterocycles. The molecule has 0 fully saturated rings. The molecular formula is C9H18BNO. The lowest BCUT2D eigenvalue weighted by molar-refractivity contribution is 0.117. The minimum absolute atomic E-state index is 0.0555. The number of rotatable bonds is 1. The van der Waals surface area contributed by atoms with Gasteiger partial charge in [-0.2, -0.15) is 0 Å². The molecule has 0 aromatic rings. The molecule has 0 atom stereocenters. The smallest absolute Gasteiger partial charge is 0.411 e. The first-order valence-electron chi connectivity index (χ1n) is 4.44. The van der Waals surface area contributed by atoms with Crippen LogP contribution in [0.4, 0.5) is 0 Å². The highest BCUT2D eigenvalue weighted by Crippen LogP contribution is 2.17. The lowest BCUT2D eigenvalue weighted by Crippen LogP contribution is -2.39. The quantitative estimate of drug-likeness (QED) is 0.551. The zero-order valence-corrected chi connectivity index (χ0v) is 8.72. The maximum absolute atomic E-state index is 5.83. The molecule has 0 spiro atoms. The fraction of sp³-hybridized carbons (Fsp3) is 0.778. The van der Waals surface area contributed by atoms with Crippen LogP contribution in [0.25, 0.3) is 0 Å². The van der Waals surface area contributed by atoms with Crippen molar-refractivity contribution in [1.82, 2.24) is 4.81 Å². The third-order valence-electron chi connectivity index (χ3n) is 1.83. The second kappa shape index (κ2) is 3.23. The van der Waals surface area contributed by atoms with Gasteiger partial charge in [0, 0.05) is 12.1 Å². The van der Waals surface area contributed by atoms with Gasteiger partial charge < -0.3 is 9.47 Å². The summed E-state index contributed by atoms with van der Waals surface area (Å²) < 4.78 is 5.83. The Morgan fingerprint density at radius 1 is 1.50 bits per heavy atom. The Labute approximate surface area is 75.7 Å². The van der Waals surface area contributed by atoms with E-state index in [4.69, 9.17) is 4.65 Å². The van der Waals surface area contributed by atoms with E-state index in [9.17, 15) is 0 Å². The van der Waals surface area contributed by atoms with Gasteiger partial charge in [0.15, 0.2) is 0 Å². The summed E-state index contributed by atoms with van der Waals surface area (Å²) in [6, 6.07) is 0. The van der Waals surface area contributed by atoms with Gasteiger partial charge in [-0.15, -0.1) is 0 Å². The summed E-state index contributed by atoms with van der Waals surface area (Å²) in [7, 11) is 2.26. The van der Waals surface area contributed by atoms with E-state index in [0.29, 0.717) is 0 Å². The summed E-state index contributed by atoms with van der Waals surface area (Å²) in [4.78, 5) is 2.21. The van der Waals surface area contributed by atoms with Crippen molar-refractivity contribution in [3.8, 4) is 0 Å². The number of hydrogen-bond acceptors (Lipinski definition) is 2. The molecule has 0 amide bonds. The summed E-state index contributed by atoms with van der Waals surface area (Å²) in [5.41, 5.74) is 1.34. The van der Waals surface area contributed by atoms with E-state index < -0.39 is 0 Å². The second-order valence-electron chi connectivity index (χ2n) is 4.55. The van der Waals surface area contributed by atoms with Gasteiger partial charge >= 0.3 is 7.05 Å². The van der Waals surface area contributed by atoms with Crippen molar-refractivity contribution < 1.29 is 4.65 Å². The zero-order valence-electron chi connectivity index (χ0n) is 8.72. The third kappa shape index (κ3) is 2.65. The van der Waals surface area contributed by atoms with Crippen LogP contribution in [0.15, 0.2) is 11.5 Å². The Balaban J connectivity index is 2.53. The fourth-order valence-corrected chi connectivity index (χ4v) is 1.39. The first-order valence-corrected chi connectivity index (χ1v) is 4.44. The molecule has 0 saturated heterocycles. The van der Waals surface area contributed by atoms with Crippen molar-refractivity contribution in [2.75, 3.05) is 13.6 Å². The maximum Gasteiger partial charge on any atom is 0.411 e. The number of nitrogens with zero attached hydrogens (tertiary/aromatic N) is 1. The molecule has 1 aliphatic rings. The molecule has 12 heavy (non-hydrogen) atoms. The monoisotopic (exact) mass is 167 g/mol. The second-order valence-corrected chi connectivity index (χ2v) is 4.55. The first kappa shape index (κ1) is 9.81. The van der Waals surface area contributed by atoms with Gasteiger partial charge in [0.05, 0.1) is 0 Å². The molecule has 0 unspecified atom stereocenters. The van der Waals surface area contributed by atoms with E-state index in [0.717, 1.165) is 6.54 Å². The number of hydrogen-bond donors (Lipinski definition) is 0. The highest BCUT2D eigenvalue weighted by atomic mass is 16.5. The molecule has 0 aliphatic carbocycles. The van der Waals surface area contributed by atoms with E-state index in [1.165, 1.54) is 5.57 Å². The van der Waals surface area contributed by atoms with Crippen molar-refractivity contribution in [2.24, 2.45) is 0 Å². The minimum Gasteiger partial charge on any atom is -0.413 e. The molecule has 0 radical (unpaired) electrons. The Hall–Kier alpha value is -0.275. The molecule has 0 aromatic heterocycles. The highest BCUT2D eigenvalue weighted by molar-refractivity contribution is 6.55. The van der Waals surface area contributed by atoms with Crippen LogP contribution in [0.5, 0.6) is 0 Å². The van der Waals surface area contributed by atoms with Gasteiger partial charge in [0.1, 0.15) is 0 Å². The predicted octanol–water partition coefficient (Wildman–Crippen LogP) is 1.72. The predicted molar refractivity (Wildman–Crippen MR) is 53.0 cm³/mol. The topological polar surface area (TPSA) is 12.5 Å². The Morgan fingerprint density at radius 3 is 2.42 bits per heavy atom. The Bertz CT molecular complexity index is 195. The first-order chi connectivity index (χ1) is 5.38. The lowest BCUT2D eigenvalue weighted by Gasteiger charge is -2.26. The van der Waals surface area contributed by atoms with Crippen LogP contribution in [-0.2, 0) is 4.65 Å². The molecule has 1 rings (SSSR count). The van der Waals surface area contributed by atoms with Crippen LogP contribution < -0.4 is 0 Å². The van der Waals surface area contributed by atoms with Crippen LogP contribution >= 0.6 is 0 Å². The Kier molecular flexibility index (Phi) is 2.64. The summed E-state index contributed by atoms with van der Waals surface area (Å²) in [5.74, 6) is 2.19. The highest BCUT2D eigenvalue weighted by Gasteiger charge is 2.29. The van der Waals surface area contributed by atoms with E-state index in [1.807, 2.05) is 0 Å². The largest absolute Gasteiger partial charge is 0.413 e. The zero-order chi connectivity index (χ0) is 9.35. The molecule has 68 valence electrons. The van der Waals surface area contributed by atoms with E-state index in [-0.39, 0.29) is 12.7 Å². The van der Waals surface area contributed by atoms with Crippen LogP contribution in [0.1, 0.15) is 27.7 Å². The standard InChI is InChI=1S/C9H18BNO/c1-8-6-10(11(5)7-8)12-9(2,3)4/h6H,7H2,1-5H3. The van der Waals surface area contributed by atoms with Crippen molar-refractivity contribution in [2.45, 2.75) is 33.3 Å². The summed E-state index contributed by atoms with van der Waals surface area (Å²) in [6.45, 7) is 9.43. The average molecular weight is 167 g/mol. The average Bonchev–Trinajstić information content (AvgIpc) is 2.06. The summed E-state index contributed by atoms with van der Waals surface area (Å²) >= 11 is 0. The molecule has 1 heterocycles. The Morgan fingerprint density at radius 2 is 2.08 bits per heavy atom. The molecule has 0 saturated carbocycles. The van der Waals surface area contributed by atoms with Gasteiger partial charge in [-0.1, -0.05) is 11.5 Å². The SMILES string of the molecule is CC1=CB(OC(C)(C)C)N(C)C1. The normalized spacial score (nSPS) is 20.1. The van der Waals surface area contributed by atoms with Crippen LogP contribution in [-0.4, -0.2) is 31.1 Å². The van der Waals surface area contributed by atoms with E-state index in [2.05, 4.69) is 45.5 Å². The van der Waals surface area contributed by atoms with Crippen molar-refractivity contribution in [3.05, 3.63) is 11.5 Å². The summed E-state index contributed by atoms with van der Waals surface area (Å²) in [5, 5.41) is 0. The van der Waals surface area contributed by atoms with Crippen molar-refractivity contribution in [1.29, 1.82) is 0 Å². The van der Waals surface area contributed by atoms with Gasteiger partial charge in [-0.3, -0.25) is 0 Å². The van der Waals surface area contributed by atoms with Crippen LogP contribution in [0, 0.1) is 0 Å². The molecular weight excluding hydrogens is 149 g/mol.